The third-order valence-corrected chi connectivity index (χ3v) is 5.49. The second-order valence-electron chi connectivity index (χ2n) is 8.49. The number of halogens is 1. The maximum atomic E-state index is 13.1. The van der Waals surface area contributed by atoms with Crippen molar-refractivity contribution >= 4 is 23.4 Å². The molecule has 0 spiro atoms. The summed E-state index contributed by atoms with van der Waals surface area (Å²) in [4.78, 5) is 27.3. The summed E-state index contributed by atoms with van der Waals surface area (Å²) in [5, 5.41) is 3.38. The van der Waals surface area contributed by atoms with E-state index in [9.17, 15) is 9.59 Å². The number of carbonyl (C=O) groups excluding carboxylic acids is 2. The van der Waals surface area contributed by atoms with Gasteiger partial charge in [-0.2, -0.15) is 0 Å². The lowest BCUT2D eigenvalue weighted by atomic mass is 9.87. The lowest BCUT2D eigenvalue weighted by Crippen LogP contribution is -2.50. The Labute approximate surface area is 190 Å². The van der Waals surface area contributed by atoms with Crippen LogP contribution in [-0.4, -0.2) is 35.9 Å². The van der Waals surface area contributed by atoms with E-state index in [2.05, 4.69) is 26.1 Å². The van der Waals surface area contributed by atoms with Gasteiger partial charge in [-0.1, -0.05) is 69.6 Å². The molecule has 1 unspecified atom stereocenters. The first-order valence-electron chi connectivity index (χ1n) is 10.7. The van der Waals surface area contributed by atoms with Gasteiger partial charge in [0.1, 0.15) is 11.8 Å². The molecule has 0 fully saturated rings. The highest BCUT2D eigenvalue weighted by Gasteiger charge is 2.29. The fourth-order valence-electron chi connectivity index (χ4n) is 3.30. The van der Waals surface area contributed by atoms with Gasteiger partial charge in [-0.3, -0.25) is 9.59 Å². The number of nitrogens with one attached hydrogen (secondary N) is 1. The Hall–Kier alpha value is -2.53. The molecule has 0 aliphatic heterocycles. The minimum atomic E-state index is -0.601. The van der Waals surface area contributed by atoms with Gasteiger partial charge in [-0.15, -0.1) is 0 Å². The first kappa shape index (κ1) is 24.7. The molecule has 0 aliphatic rings. The van der Waals surface area contributed by atoms with Crippen LogP contribution in [0.15, 0.2) is 48.5 Å². The third-order valence-electron chi connectivity index (χ3n) is 5.12. The van der Waals surface area contributed by atoms with Crippen LogP contribution in [0.1, 0.15) is 52.2 Å². The smallest absolute Gasteiger partial charge is 0.261 e. The Balaban J connectivity index is 2.18. The van der Waals surface area contributed by atoms with Crippen molar-refractivity contribution in [3.63, 3.8) is 0 Å². The molecule has 0 bridgehead atoms. The van der Waals surface area contributed by atoms with E-state index < -0.39 is 6.04 Å². The predicted octanol–water partition coefficient (Wildman–Crippen LogP) is 4.96. The molecular formula is C25H33ClN2O3. The number of carbonyl (C=O) groups is 2. The van der Waals surface area contributed by atoms with Gasteiger partial charge >= 0.3 is 0 Å². The summed E-state index contributed by atoms with van der Waals surface area (Å²) in [6.07, 6.45) is 0.488. The maximum absolute atomic E-state index is 13.1. The molecule has 31 heavy (non-hydrogen) atoms. The van der Waals surface area contributed by atoms with Crippen molar-refractivity contribution in [2.24, 2.45) is 0 Å². The van der Waals surface area contributed by atoms with E-state index in [1.54, 1.807) is 11.0 Å². The van der Waals surface area contributed by atoms with Gasteiger partial charge < -0.3 is 15.0 Å². The first-order chi connectivity index (χ1) is 14.7. The predicted molar refractivity (Wildman–Crippen MR) is 125 cm³/mol. The Morgan fingerprint density at radius 2 is 1.71 bits per heavy atom. The minimum absolute atomic E-state index is 0.0427. The molecule has 0 aromatic heterocycles. The van der Waals surface area contributed by atoms with E-state index in [0.29, 0.717) is 23.7 Å². The topological polar surface area (TPSA) is 58.6 Å². The van der Waals surface area contributed by atoms with Crippen LogP contribution in [0.25, 0.3) is 0 Å². The number of nitrogens with zero attached hydrogens (tertiary/aromatic N) is 1. The summed E-state index contributed by atoms with van der Waals surface area (Å²) < 4.78 is 5.76. The van der Waals surface area contributed by atoms with Gasteiger partial charge in [-0.05, 0) is 48.1 Å². The molecule has 2 amide bonds. The largest absolute Gasteiger partial charge is 0.484 e. The molecule has 1 N–H and O–H groups in total. The van der Waals surface area contributed by atoms with Gasteiger partial charge in [0.15, 0.2) is 6.61 Å². The monoisotopic (exact) mass is 444 g/mol. The van der Waals surface area contributed by atoms with Crippen LogP contribution in [0.5, 0.6) is 5.75 Å². The van der Waals surface area contributed by atoms with Crippen molar-refractivity contribution in [1.82, 2.24) is 10.2 Å². The average molecular weight is 445 g/mol. The summed E-state index contributed by atoms with van der Waals surface area (Å²) in [6, 6.07) is 14.5. The Morgan fingerprint density at radius 3 is 2.26 bits per heavy atom. The van der Waals surface area contributed by atoms with Crippen molar-refractivity contribution < 1.29 is 14.3 Å². The summed E-state index contributed by atoms with van der Waals surface area (Å²) >= 11 is 6.32. The van der Waals surface area contributed by atoms with E-state index in [1.807, 2.05) is 56.3 Å². The van der Waals surface area contributed by atoms with Crippen LogP contribution in [0.2, 0.25) is 5.02 Å². The zero-order valence-electron chi connectivity index (χ0n) is 19.1. The van der Waals surface area contributed by atoms with Gasteiger partial charge in [-0.25, -0.2) is 0 Å². The first-order valence-corrected chi connectivity index (χ1v) is 11.1. The Morgan fingerprint density at radius 1 is 1.06 bits per heavy atom. The Kier molecular flexibility index (Phi) is 8.93. The lowest BCUT2D eigenvalue weighted by Gasteiger charge is -2.30. The van der Waals surface area contributed by atoms with E-state index in [-0.39, 0.29) is 30.4 Å². The highest BCUT2D eigenvalue weighted by Crippen LogP contribution is 2.24. The van der Waals surface area contributed by atoms with E-state index in [4.69, 9.17) is 16.3 Å². The summed E-state index contributed by atoms with van der Waals surface area (Å²) in [7, 11) is 0. The average Bonchev–Trinajstić information content (AvgIpc) is 2.73. The van der Waals surface area contributed by atoms with E-state index >= 15 is 0 Å². The SMILES string of the molecule is CCNC(=O)C(CC)N(Cc1ccccc1Cl)C(=O)COc1ccc(C(C)(C)C)cc1. The fraction of sp³-hybridized carbons (Fsp3) is 0.440. The lowest BCUT2D eigenvalue weighted by molar-refractivity contribution is -0.142. The molecule has 168 valence electrons. The standard InChI is InChI=1S/C25H33ClN2O3/c1-6-22(24(30)27-7-2)28(16-18-10-8-9-11-21(18)26)23(29)17-31-20-14-12-19(13-15-20)25(3,4)5/h8-15,22H,6-7,16-17H2,1-5H3,(H,27,30). The number of hydrogen-bond donors (Lipinski definition) is 1. The van der Waals surface area contributed by atoms with E-state index in [1.165, 1.54) is 5.56 Å². The van der Waals surface area contributed by atoms with Crippen molar-refractivity contribution in [3.8, 4) is 5.75 Å². The number of ether oxygens (including phenoxy) is 1. The van der Waals surface area contributed by atoms with Crippen LogP contribution < -0.4 is 10.1 Å². The molecule has 0 aliphatic carbocycles. The molecule has 5 nitrogen and oxygen atoms in total. The zero-order chi connectivity index (χ0) is 23.0. The molecule has 1 atom stereocenters. The molecule has 0 heterocycles. The number of rotatable bonds is 9. The molecule has 6 heteroatoms. The highest BCUT2D eigenvalue weighted by molar-refractivity contribution is 6.31. The molecule has 2 aromatic rings. The van der Waals surface area contributed by atoms with Crippen LogP contribution in [-0.2, 0) is 21.5 Å². The minimum Gasteiger partial charge on any atom is -0.484 e. The quantitative estimate of drug-likeness (QED) is 0.594. The number of likely N-dealkylation sites (N-methyl/N-ethyl adjacent to an activating group) is 1. The maximum Gasteiger partial charge on any atom is 0.261 e. The molecular weight excluding hydrogens is 412 g/mol. The Bertz CT molecular complexity index is 875. The second kappa shape index (κ2) is 11.2. The molecule has 2 rings (SSSR count). The van der Waals surface area contributed by atoms with Crippen LogP contribution in [0, 0.1) is 0 Å². The summed E-state index contributed by atoms with van der Waals surface area (Å²) in [5.74, 6) is 0.169. The van der Waals surface area contributed by atoms with Gasteiger partial charge in [0, 0.05) is 18.1 Å². The van der Waals surface area contributed by atoms with Crippen molar-refractivity contribution in [2.75, 3.05) is 13.2 Å². The van der Waals surface area contributed by atoms with Gasteiger partial charge in [0.2, 0.25) is 5.91 Å². The normalized spacial score (nSPS) is 12.2. The second-order valence-corrected chi connectivity index (χ2v) is 8.90. The summed E-state index contributed by atoms with van der Waals surface area (Å²) in [6.45, 7) is 10.8. The van der Waals surface area contributed by atoms with Crippen molar-refractivity contribution in [1.29, 1.82) is 0 Å². The van der Waals surface area contributed by atoms with Crippen LogP contribution in [0.4, 0.5) is 0 Å². The third kappa shape index (κ3) is 7.00. The molecule has 0 saturated heterocycles. The highest BCUT2D eigenvalue weighted by atomic mass is 35.5. The van der Waals surface area contributed by atoms with Crippen molar-refractivity contribution in [2.45, 2.75) is 59.0 Å². The number of benzene rings is 2. The molecule has 0 radical (unpaired) electrons. The van der Waals surface area contributed by atoms with Gasteiger partial charge in [0.25, 0.3) is 5.91 Å². The summed E-state index contributed by atoms with van der Waals surface area (Å²) in [5.41, 5.74) is 2.02. The van der Waals surface area contributed by atoms with E-state index in [0.717, 1.165) is 5.56 Å². The number of hydrogen-bond acceptors (Lipinski definition) is 3. The van der Waals surface area contributed by atoms with Crippen LogP contribution >= 0.6 is 11.6 Å². The zero-order valence-corrected chi connectivity index (χ0v) is 19.8. The number of amides is 2. The fourth-order valence-corrected chi connectivity index (χ4v) is 3.50. The van der Waals surface area contributed by atoms with Crippen molar-refractivity contribution in [3.05, 3.63) is 64.7 Å². The molecule has 0 saturated carbocycles. The molecule has 2 aromatic carbocycles. The van der Waals surface area contributed by atoms with Gasteiger partial charge in [0.05, 0.1) is 0 Å². The van der Waals surface area contributed by atoms with Crippen LogP contribution in [0.3, 0.4) is 0 Å².